The molecular weight excluding hydrogens is 314 g/mol. The van der Waals surface area contributed by atoms with E-state index in [-0.39, 0.29) is 6.04 Å². The first kappa shape index (κ1) is 16.9. The molecule has 0 amide bonds. The first-order valence-electron chi connectivity index (χ1n) is 8.18. The summed E-state index contributed by atoms with van der Waals surface area (Å²) >= 11 is 0. The Morgan fingerprint density at radius 1 is 0.680 bits per heavy atom. The normalized spacial score (nSPS) is 11.6. The van der Waals surface area contributed by atoms with Gasteiger partial charge in [-0.25, -0.2) is 0 Å². The van der Waals surface area contributed by atoms with Gasteiger partial charge in [-0.15, -0.1) is 0 Å². The Labute approximate surface area is 147 Å². The monoisotopic (exact) mass is 335 g/mol. The zero-order valence-corrected chi connectivity index (χ0v) is 14.1. The molecule has 0 saturated carbocycles. The van der Waals surface area contributed by atoms with Gasteiger partial charge in [-0.1, -0.05) is 36.4 Å². The number of para-hydroxylation sites is 2. The van der Waals surface area contributed by atoms with E-state index in [1.165, 1.54) is 0 Å². The lowest BCUT2D eigenvalue weighted by molar-refractivity contribution is 0.293. The Morgan fingerprint density at radius 3 is 1.56 bits per heavy atom. The van der Waals surface area contributed by atoms with E-state index in [1.54, 1.807) is 0 Å². The van der Waals surface area contributed by atoms with Gasteiger partial charge in [-0.2, -0.15) is 0 Å². The van der Waals surface area contributed by atoms with Crippen LogP contribution in [0.15, 0.2) is 78.9 Å². The van der Waals surface area contributed by atoms with E-state index in [9.17, 15) is 0 Å². The van der Waals surface area contributed by atoms with Crippen molar-refractivity contribution < 1.29 is 14.2 Å². The Balaban J connectivity index is 1.85. The molecule has 1 atom stereocenters. The van der Waals surface area contributed by atoms with E-state index in [0.29, 0.717) is 23.9 Å². The number of benzene rings is 3. The third kappa shape index (κ3) is 5.26. The molecule has 0 saturated heterocycles. The minimum absolute atomic E-state index is 0.0582. The van der Waals surface area contributed by atoms with Gasteiger partial charge in [-0.05, 0) is 31.2 Å². The smallest absolute Gasteiger partial charge is 0.134 e. The molecular formula is C21H21NO3. The van der Waals surface area contributed by atoms with Gasteiger partial charge in [-0.3, -0.25) is 0 Å². The largest absolute Gasteiger partial charge is 0.492 e. The fourth-order valence-electron chi connectivity index (χ4n) is 2.22. The van der Waals surface area contributed by atoms with Crippen molar-refractivity contribution in [3.05, 3.63) is 78.9 Å². The highest BCUT2D eigenvalue weighted by molar-refractivity contribution is 5.45. The molecule has 4 heteroatoms. The van der Waals surface area contributed by atoms with Crippen LogP contribution < -0.4 is 19.9 Å². The number of rotatable bonds is 7. The van der Waals surface area contributed by atoms with Crippen molar-refractivity contribution in [1.82, 2.24) is 0 Å². The van der Waals surface area contributed by atoms with Gasteiger partial charge in [0.05, 0.1) is 0 Å². The lowest BCUT2D eigenvalue weighted by atomic mass is 10.3. The van der Waals surface area contributed by atoms with Crippen molar-refractivity contribution in [3.63, 3.8) is 0 Å². The summed E-state index contributed by atoms with van der Waals surface area (Å²) in [5.74, 6) is 3.42. The highest BCUT2D eigenvalue weighted by Crippen LogP contribution is 2.33. The van der Waals surface area contributed by atoms with Crippen molar-refractivity contribution in [1.29, 1.82) is 0 Å². The zero-order valence-electron chi connectivity index (χ0n) is 14.1. The van der Waals surface area contributed by atoms with Gasteiger partial charge in [0.25, 0.3) is 0 Å². The average molecular weight is 335 g/mol. The third-order valence-electron chi connectivity index (χ3n) is 3.32. The molecule has 1 unspecified atom stereocenters. The zero-order chi connectivity index (χ0) is 17.5. The Morgan fingerprint density at radius 2 is 1.12 bits per heavy atom. The number of hydrogen-bond donors (Lipinski definition) is 1. The van der Waals surface area contributed by atoms with Crippen LogP contribution in [0, 0.1) is 0 Å². The lowest BCUT2D eigenvalue weighted by Gasteiger charge is -2.14. The van der Waals surface area contributed by atoms with Crippen molar-refractivity contribution in [2.75, 3.05) is 6.61 Å². The van der Waals surface area contributed by atoms with E-state index in [4.69, 9.17) is 19.9 Å². The second-order valence-corrected chi connectivity index (χ2v) is 5.76. The van der Waals surface area contributed by atoms with Gasteiger partial charge in [0, 0.05) is 24.2 Å². The van der Waals surface area contributed by atoms with E-state index in [1.807, 2.05) is 85.8 Å². The fourth-order valence-corrected chi connectivity index (χ4v) is 2.22. The maximum absolute atomic E-state index is 5.91. The molecule has 0 spiro atoms. The van der Waals surface area contributed by atoms with Gasteiger partial charge < -0.3 is 19.9 Å². The summed E-state index contributed by atoms with van der Waals surface area (Å²) in [5.41, 5.74) is 5.78. The van der Waals surface area contributed by atoms with Crippen LogP contribution in [0.2, 0.25) is 0 Å². The number of nitrogens with two attached hydrogens (primary N) is 1. The molecule has 0 fully saturated rings. The predicted molar refractivity (Wildman–Crippen MR) is 98.6 cm³/mol. The fraction of sp³-hybridized carbons (Fsp3) is 0.143. The first-order valence-corrected chi connectivity index (χ1v) is 8.18. The minimum Gasteiger partial charge on any atom is -0.492 e. The molecule has 128 valence electrons. The lowest BCUT2D eigenvalue weighted by Crippen LogP contribution is -2.23. The molecule has 0 aliphatic heterocycles. The van der Waals surface area contributed by atoms with Crippen molar-refractivity contribution in [2.45, 2.75) is 13.0 Å². The highest BCUT2D eigenvalue weighted by atomic mass is 16.5. The third-order valence-corrected chi connectivity index (χ3v) is 3.32. The van der Waals surface area contributed by atoms with Gasteiger partial charge in [0.1, 0.15) is 35.4 Å². The second kappa shape index (κ2) is 8.22. The summed E-state index contributed by atoms with van der Waals surface area (Å²) in [6.07, 6.45) is 0. The van der Waals surface area contributed by atoms with Crippen LogP contribution in [0.1, 0.15) is 6.92 Å². The number of ether oxygens (including phenoxy) is 3. The van der Waals surface area contributed by atoms with E-state index >= 15 is 0 Å². The molecule has 25 heavy (non-hydrogen) atoms. The summed E-state index contributed by atoms with van der Waals surface area (Å²) in [5, 5.41) is 0. The first-order chi connectivity index (χ1) is 12.2. The SMILES string of the molecule is CC(N)COc1cc(Oc2ccccc2)cc(Oc2ccccc2)c1. The predicted octanol–water partition coefficient (Wildman–Crippen LogP) is 5.00. The second-order valence-electron chi connectivity index (χ2n) is 5.76. The van der Waals surface area contributed by atoms with Crippen molar-refractivity contribution in [3.8, 4) is 28.7 Å². The van der Waals surface area contributed by atoms with Gasteiger partial charge in [0.2, 0.25) is 0 Å². The van der Waals surface area contributed by atoms with Crippen molar-refractivity contribution >= 4 is 0 Å². The Kier molecular flexibility index (Phi) is 5.54. The molecule has 0 radical (unpaired) electrons. The summed E-state index contributed by atoms with van der Waals surface area (Å²) in [4.78, 5) is 0. The highest BCUT2D eigenvalue weighted by Gasteiger charge is 2.07. The molecule has 3 rings (SSSR count). The van der Waals surface area contributed by atoms with E-state index in [0.717, 1.165) is 11.5 Å². The Bertz CT molecular complexity index is 729. The van der Waals surface area contributed by atoms with Crippen LogP contribution in [-0.2, 0) is 0 Å². The van der Waals surface area contributed by atoms with Crippen molar-refractivity contribution in [2.24, 2.45) is 5.73 Å². The van der Waals surface area contributed by atoms with Gasteiger partial charge >= 0.3 is 0 Å². The maximum Gasteiger partial charge on any atom is 0.134 e. The summed E-state index contributed by atoms with van der Waals surface area (Å²) in [7, 11) is 0. The van der Waals surface area contributed by atoms with E-state index in [2.05, 4.69) is 0 Å². The summed E-state index contributed by atoms with van der Waals surface area (Å²) in [6, 6.07) is 24.6. The maximum atomic E-state index is 5.91. The molecule has 0 aliphatic rings. The molecule has 0 heterocycles. The minimum atomic E-state index is -0.0582. The van der Waals surface area contributed by atoms with Gasteiger partial charge in [0.15, 0.2) is 0 Å². The van der Waals surface area contributed by atoms with Crippen LogP contribution in [-0.4, -0.2) is 12.6 Å². The molecule has 0 aliphatic carbocycles. The molecule has 3 aromatic carbocycles. The Hall–Kier alpha value is -2.98. The van der Waals surface area contributed by atoms with Crippen LogP contribution in [0.4, 0.5) is 0 Å². The quantitative estimate of drug-likeness (QED) is 0.660. The summed E-state index contributed by atoms with van der Waals surface area (Å²) in [6.45, 7) is 2.31. The number of hydrogen-bond acceptors (Lipinski definition) is 4. The molecule has 0 bridgehead atoms. The standard InChI is InChI=1S/C21H21NO3/c1-16(22)15-23-19-12-20(24-17-8-4-2-5-9-17)14-21(13-19)25-18-10-6-3-7-11-18/h2-14,16H,15,22H2,1H3. The van der Waals surface area contributed by atoms with Crippen LogP contribution in [0.3, 0.4) is 0 Å². The molecule has 0 aromatic heterocycles. The summed E-state index contributed by atoms with van der Waals surface area (Å²) < 4.78 is 17.6. The van der Waals surface area contributed by atoms with Crippen LogP contribution >= 0.6 is 0 Å². The van der Waals surface area contributed by atoms with E-state index < -0.39 is 0 Å². The molecule has 3 aromatic rings. The topological polar surface area (TPSA) is 53.7 Å². The average Bonchev–Trinajstić information content (AvgIpc) is 2.61. The molecule has 4 nitrogen and oxygen atoms in total. The molecule has 2 N–H and O–H groups in total. The van der Waals surface area contributed by atoms with Crippen LogP contribution in [0.25, 0.3) is 0 Å². The van der Waals surface area contributed by atoms with Crippen LogP contribution in [0.5, 0.6) is 28.7 Å².